The molecule has 0 bridgehead atoms. The fourth-order valence-corrected chi connectivity index (χ4v) is 3.80. The van der Waals surface area contributed by atoms with Crippen LogP contribution >= 0.6 is 15.9 Å². The molecule has 0 saturated carbocycles. The van der Waals surface area contributed by atoms with E-state index in [1.54, 1.807) is 0 Å². The van der Waals surface area contributed by atoms with Crippen molar-refractivity contribution in [2.45, 2.75) is 18.9 Å². The van der Waals surface area contributed by atoms with Crippen LogP contribution in [0.5, 0.6) is 0 Å². The van der Waals surface area contributed by atoms with Gasteiger partial charge < -0.3 is 5.32 Å². The largest absolute Gasteiger partial charge is 0.366 e. The predicted octanol–water partition coefficient (Wildman–Crippen LogP) is 1.74. The molecule has 1 aromatic rings. The Labute approximate surface area is 118 Å². The minimum atomic E-state index is -2.90. The number of anilines is 1. The van der Waals surface area contributed by atoms with Crippen molar-refractivity contribution < 1.29 is 13.3 Å². The zero-order chi connectivity index (χ0) is 14.0. The molecule has 19 heavy (non-hydrogen) atoms. The van der Waals surface area contributed by atoms with E-state index >= 15 is 0 Å². The lowest BCUT2D eigenvalue weighted by Crippen LogP contribution is -2.32. The van der Waals surface area contributed by atoms with Gasteiger partial charge in [-0.2, -0.15) is 0 Å². The van der Waals surface area contributed by atoms with E-state index in [0.29, 0.717) is 23.1 Å². The summed E-state index contributed by atoms with van der Waals surface area (Å²) in [6, 6.07) is 1.39. The number of aromatic nitrogens is 1. The van der Waals surface area contributed by atoms with Gasteiger partial charge >= 0.3 is 0 Å². The number of pyridine rings is 1. The van der Waals surface area contributed by atoms with Gasteiger partial charge in [0.05, 0.1) is 20.9 Å². The standard InChI is InChI=1S/C10H12BrN3O4S/c11-9-5-8(14(15)16)6-12-10(9)13-7-1-3-19(17,18)4-2-7/h5-7H,1-4H2,(H,12,13). The number of nitrogens with one attached hydrogen (secondary N) is 1. The van der Waals surface area contributed by atoms with Crippen molar-refractivity contribution >= 4 is 37.3 Å². The van der Waals surface area contributed by atoms with E-state index in [1.165, 1.54) is 12.3 Å². The number of halogens is 1. The second kappa shape index (κ2) is 5.41. The van der Waals surface area contributed by atoms with Crippen LogP contribution in [-0.2, 0) is 9.84 Å². The van der Waals surface area contributed by atoms with Gasteiger partial charge in [-0.3, -0.25) is 10.1 Å². The van der Waals surface area contributed by atoms with Gasteiger partial charge in [0.1, 0.15) is 21.9 Å². The average molecular weight is 350 g/mol. The monoisotopic (exact) mass is 349 g/mol. The van der Waals surface area contributed by atoms with Crippen LogP contribution in [0.3, 0.4) is 0 Å². The number of rotatable bonds is 3. The van der Waals surface area contributed by atoms with Crippen LogP contribution in [0, 0.1) is 10.1 Å². The first kappa shape index (κ1) is 14.2. The molecule has 0 aliphatic carbocycles. The molecule has 0 amide bonds. The highest BCUT2D eigenvalue weighted by Gasteiger charge is 2.24. The lowest BCUT2D eigenvalue weighted by Gasteiger charge is -2.23. The van der Waals surface area contributed by atoms with Crippen molar-refractivity contribution in [2.24, 2.45) is 0 Å². The zero-order valence-corrected chi connectivity index (χ0v) is 12.3. The second-order valence-electron chi connectivity index (χ2n) is 4.35. The molecular formula is C10H12BrN3O4S. The predicted molar refractivity (Wildman–Crippen MR) is 73.9 cm³/mol. The number of hydrogen-bond acceptors (Lipinski definition) is 6. The summed E-state index contributed by atoms with van der Waals surface area (Å²) in [5, 5.41) is 13.7. The Hall–Kier alpha value is -1.22. The van der Waals surface area contributed by atoms with E-state index in [1.807, 2.05) is 0 Å². The first-order valence-electron chi connectivity index (χ1n) is 5.64. The van der Waals surface area contributed by atoms with Crippen LogP contribution in [0.25, 0.3) is 0 Å². The van der Waals surface area contributed by atoms with Crippen LogP contribution < -0.4 is 5.32 Å². The van der Waals surface area contributed by atoms with Crippen molar-refractivity contribution in [2.75, 3.05) is 16.8 Å². The quantitative estimate of drug-likeness (QED) is 0.658. The molecule has 2 rings (SSSR count). The van der Waals surface area contributed by atoms with Crippen molar-refractivity contribution in [3.05, 3.63) is 26.9 Å². The summed E-state index contributed by atoms with van der Waals surface area (Å²) in [7, 11) is -2.90. The summed E-state index contributed by atoms with van der Waals surface area (Å²) >= 11 is 3.22. The lowest BCUT2D eigenvalue weighted by molar-refractivity contribution is -0.385. The Balaban J connectivity index is 2.06. The van der Waals surface area contributed by atoms with Gasteiger partial charge in [0.2, 0.25) is 0 Å². The maximum Gasteiger partial charge on any atom is 0.288 e. The number of hydrogen-bond donors (Lipinski definition) is 1. The molecule has 1 saturated heterocycles. The number of nitro groups is 1. The summed E-state index contributed by atoms with van der Waals surface area (Å²) in [6.45, 7) is 0. The van der Waals surface area contributed by atoms with Crippen molar-refractivity contribution in [3.63, 3.8) is 0 Å². The summed E-state index contributed by atoms with van der Waals surface area (Å²) in [5.74, 6) is 0.819. The van der Waals surface area contributed by atoms with Crippen LogP contribution in [0.2, 0.25) is 0 Å². The van der Waals surface area contributed by atoms with E-state index in [9.17, 15) is 18.5 Å². The molecule has 0 unspecified atom stereocenters. The fraction of sp³-hybridized carbons (Fsp3) is 0.500. The third-order valence-electron chi connectivity index (χ3n) is 2.93. The van der Waals surface area contributed by atoms with Crippen LogP contribution in [0.1, 0.15) is 12.8 Å². The molecule has 0 aromatic carbocycles. The summed E-state index contributed by atoms with van der Waals surface area (Å²) in [5.41, 5.74) is -0.0938. The molecule has 1 aliphatic heterocycles. The highest BCUT2D eigenvalue weighted by Crippen LogP contribution is 2.26. The molecule has 1 aromatic heterocycles. The highest BCUT2D eigenvalue weighted by molar-refractivity contribution is 9.10. The van der Waals surface area contributed by atoms with Crippen molar-refractivity contribution in [3.8, 4) is 0 Å². The Bertz CT molecular complexity index is 591. The van der Waals surface area contributed by atoms with Crippen LogP contribution in [0.15, 0.2) is 16.7 Å². The third kappa shape index (κ3) is 3.63. The lowest BCUT2D eigenvalue weighted by atomic mass is 10.1. The highest BCUT2D eigenvalue weighted by atomic mass is 79.9. The molecule has 7 nitrogen and oxygen atoms in total. The van der Waals surface area contributed by atoms with E-state index in [0.717, 1.165) is 0 Å². The molecule has 1 fully saturated rings. The van der Waals surface area contributed by atoms with Gasteiger partial charge in [-0.25, -0.2) is 13.4 Å². The van der Waals surface area contributed by atoms with E-state index < -0.39 is 14.8 Å². The molecular weight excluding hydrogens is 338 g/mol. The minimum absolute atomic E-state index is 0.0220. The molecule has 104 valence electrons. The fourth-order valence-electron chi connectivity index (χ4n) is 1.86. The SMILES string of the molecule is O=[N+]([O-])c1cnc(NC2CCS(=O)(=O)CC2)c(Br)c1. The van der Waals surface area contributed by atoms with Crippen LogP contribution in [-0.4, -0.2) is 35.9 Å². The molecule has 0 atom stereocenters. The van der Waals surface area contributed by atoms with Gasteiger partial charge in [0.15, 0.2) is 0 Å². The minimum Gasteiger partial charge on any atom is -0.366 e. The molecule has 0 spiro atoms. The molecule has 2 heterocycles. The Morgan fingerprint density at radius 3 is 2.58 bits per heavy atom. The van der Waals surface area contributed by atoms with Gasteiger partial charge in [0.25, 0.3) is 5.69 Å². The van der Waals surface area contributed by atoms with E-state index in [2.05, 4.69) is 26.2 Å². The van der Waals surface area contributed by atoms with Gasteiger partial charge in [-0.05, 0) is 28.8 Å². The third-order valence-corrected chi connectivity index (χ3v) is 5.25. The Morgan fingerprint density at radius 1 is 1.42 bits per heavy atom. The van der Waals surface area contributed by atoms with Crippen molar-refractivity contribution in [1.29, 1.82) is 0 Å². The van der Waals surface area contributed by atoms with Gasteiger partial charge in [-0.1, -0.05) is 0 Å². The Morgan fingerprint density at radius 2 is 2.05 bits per heavy atom. The zero-order valence-electron chi connectivity index (χ0n) is 9.87. The first-order valence-corrected chi connectivity index (χ1v) is 8.26. The normalized spacial score (nSPS) is 19.0. The van der Waals surface area contributed by atoms with E-state index in [4.69, 9.17) is 0 Å². The van der Waals surface area contributed by atoms with Crippen molar-refractivity contribution in [1.82, 2.24) is 4.98 Å². The average Bonchev–Trinajstić information content (AvgIpc) is 2.34. The smallest absolute Gasteiger partial charge is 0.288 e. The summed E-state index contributed by atoms with van der Waals surface area (Å²) in [6.07, 6.45) is 2.22. The number of sulfone groups is 1. The maximum absolute atomic E-state index is 11.3. The molecule has 1 aliphatic rings. The van der Waals surface area contributed by atoms with Gasteiger partial charge in [-0.15, -0.1) is 0 Å². The molecule has 1 N–H and O–H groups in total. The van der Waals surface area contributed by atoms with Gasteiger partial charge in [0, 0.05) is 12.1 Å². The summed E-state index contributed by atoms with van der Waals surface area (Å²) in [4.78, 5) is 14.0. The Kier molecular flexibility index (Phi) is 4.04. The van der Waals surface area contributed by atoms with E-state index in [-0.39, 0.29) is 23.2 Å². The first-order chi connectivity index (χ1) is 8.87. The topological polar surface area (TPSA) is 102 Å². The maximum atomic E-state index is 11.3. The van der Waals surface area contributed by atoms with Crippen LogP contribution in [0.4, 0.5) is 11.5 Å². The molecule has 9 heteroatoms. The number of nitrogens with zero attached hydrogens (tertiary/aromatic N) is 2. The molecule has 0 radical (unpaired) electrons. The summed E-state index contributed by atoms with van der Waals surface area (Å²) < 4.78 is 23.1. The second-order valence-corrected chi connectivity index (χ2v) is 7.51.